The summed E-state index contributed by atoms with van der Waals surface area (Å²) >= 11 is 0. The Morgan fingerprint density at radius 3 is 2.62 bits per heavy atom. The van der Waals surface area contributed by atoms with E-state index in [2.05, 4.69) is 14.9 Å². The molecule has 0 bridgehead atoms. The van der Waals surface area contributed by atoms with Gasteiger partial charge >= 0.3 is 6.09 Å². The van der Waals surface area contributed by atoms with Gasteiger partial charge in [0.15, 0.2) is 5.82 Å². The maximum Gasteiger partial charge on any atom is 0.410 e. The molecule has 0 spiro atoms. The van der Waals surface area contributed by atoms with Crippen LogP contribution in [0.5, 0.6) is 0 Å². The number of amides is 1. The maximum atomic E-state index is 12.2. The summed E-state index contributed by atoms with van der Waals surface area (Å²) < 4.78 is 5.43. The Balaban J connectivity index is 1.75. The maximum absolute atomic E-state index is 12.2. The van der Waals surface area contributed by atoms with E-state index in [1.165, 1.54) is 0 Å². The van der Waals surface area contributed by atoms with Gasteiger partial charge in [-0.1, -0.05) is 6.07 Å². The highest BCUT2D eigenvalue weighted by molar-refractivity contribution is 5.90. The zero-order valence-electron chi connectivity index (χ0n) is 14.3. The molecule has 0 atom stereocenters. The van der Waals surface area contributed by atoms with Crippen molar-refractivity contribution in [1.29, 1.82) is 0 Å². The summed E-state index contributed by atoms with van der Waals surface area (Å²) in [5.41, 5.74) is 6.27. The van der Waals surface area contributed by atoms with Crippen LogP contribution in [-0.2, 0) is 4.74 Å². The van der Waals surface area contributed by atoms with Crippen molar-refractivity contribution < 1.29 is 9.53 Å². The fourth-order valence-electron chi connectivity index (χ4n) is 2.74. The molecular weight excluding hydrogens is 306 g/mol. The normalized spacial score (nSPS) is 15.6. The third-order valence-electron chi connectivity index (χ3n) is 3.82. The summed E-state index contributed by atoms with van der Waals surface area (Å²) in [6.07, 6.45) is 1.48. The lowest BCUT2D eigenvalue weighted by molar-refractivity contribution is 0.0240. The van der Waals surface area contributed by atoms with Crippen molar-refractivity contribution in [1.82, 2.24) is 14.9 Å². The Bertz CT molecular complexity index is 748. The molecule has 128 valence electrons. The van der Waals surface area contributed by atoms with E-state index in [0.29, 0.717) is 32.0 Å². The van der Waals surface area contributed by atoms with Gasteiger partial charge < -0.3 is 20.3 Å². The molecule has 1 fully saturated rings. The van der Waals surface area contributed by atoms with Gasteiger partial charge in [-0.2, -0.15) is 0 Å². The molecule has 24 heavy (non-hydrogen) atoms. The molecule has 2 aromatic heterocycles. The summed E-state index contributed by atoms with van der Waals surface area (Å²) in [5, 5.41) is 0.967. The molecule has 1 aliphatic heterocycles. The molecule has 0 aromatic carbocycles. The van der Waals surface area contributed by atoms with Crippen LogP contribution < -0.4 is 10.6 Å². The second-order valence-corrected chi connectivity index (χ2v) is 6.90. The van der Waals surface area contributed by atoms with Crippen LogP contribution in [-0.4, -0.2) is 52.7 Å². The van der Waals surface area contributed by atoms with E-state index in [1.807, 2.05) is 39.0 Å². The predicted molar refractivity (Wildman–Crippen MR) is 94.0 cm³/mol. The van der Waals surface area contributed by atoms with E-state index in [1.54, 1.807) is 11.1 Å². The van der Waals surface area contributed by atoms with Crippen LogP contribution in [0.25, 0.3) is 10.9 Å². The van der Waals surface area contributed by atoms with Crippen LogP contribution in [0.3, 0.4) is 0 Å². The third kappa shape index (κ3) is 3.50. The van der Waals surface area contributed by atoms with Gasteiger partial charge in [0.2, 0.25) is 0 Å². The highest BCUT2D eigenvalue weighted by Gasteiger charge is 2.27. The highest BCUT2D eigenvalue weighted by atomic mass is 16.6. The van der Waals surface area contributed by atoms with Gasteiger partial charge in [0, 0.05) is 37.8 Å². The van der Waals surface area contributed by atoms with Crippen molar-refractivity contribution in [3.8, 4) is 0 Å². The Kier molecular flexibility index (Phi) is 4.17. The highest BCUT2D eigenvalue weighted by Crippen LogP contribution is 2.26. The van der Waals surface area contributed by atoms with E-state index >= 15 is 0 Å². The number of pyridine rings is 2. The van der Waals surface area contributed by atoms with E-state index in [-0.39, 0.29) is 6.09 Å². The molecule has 2 N–H and O–H groups in total. The minimum absolute atomic E-state index is 0.273. The SMILES string of the molecule is CC(C)(C)OC(=O)N1CCN(c2nc(N)cc3cccnc23)CC1. The van der Waals surface area contributed by atoms with Crippen molar-refractivity contribution in [2.24, 2.45) is 0 Å². The Morgan fingerprint density at radius 1 is 1.25 bits per heavy atom. The number of carbonyl (C=O) groups is 1. The Morgan fingerprint density at radius 2 is 1.96 bits per heavy atom. The number of anilines is 2. The predicted octanol–water partition coefficient (Wildman–Crippen LogP) is 2.27. The molecule has 3 heterocycles. The molecule has 1 aliphatic rings. The summed E-state index contributed by atoms with van der Waals surface area (Å²) in [4.78, 5) is 24.9. The lowest BCUT2D eigenvalue weighted by atomic mass is 10.2. The molecule has 0 aliphatic carbocycles. The number of hydrogen-bond donors (Lipinski definition) is 1. The quantitative estimate of drug-likeness (QED) is 0.864. The molecule has 7 heteroatoms. The van der Waals surface area contributed by atoms with Crippen molar-refractivity contribution in [3.05, 3.63) is 24.4 Å². The Hall–Kier alpha value is -2.57. The first-order valence-corrected chi connectivity index (χ1v) is 8.07. The standard InChI is InChI=1S/C17H23N5O2/c1-17(2,3)24-16(23)22-9-7-21(8-10-22)15-14-12(5-4-6-19-14)11-13(18)20-15/h4-6,11H,7-10H2,1-3H3,(H2,18,20). The lowest BCUT2D eigenvalue weighted by Gasteiger charge is -2.36. The molecule has 1 saturated heterocycles. The molecule has 7 nitrogen and oxygen atoms in total. The van der Waals surface area contributed by atoms with E-state index in [4.69, 9.17) is 10.5 Å². The van der Waals surface area contributed by atoms with Crippen molar-refractivity contribution in [2.75, 3.05) is 36.8 Å². The number of nitrogens with two attached hydrogens (primary N) is 1. The van der Waals surface area contributed by atoms with E-state index < -0.39 is 5.60 Å². The average Bonchev–Trinajstić information content (AvgIpc) is 2.52. The van der Waals surface area contributed by atoms with Crippen molar-refractivity contribution >= 4 is 28.6 Å². The fraction of sp³-hybridized carbons (Fsp3) is 0.471. The van der Waals surface area contributed by atoms with Crippen LogP contribution in [0.4, 0.5) is 16.4 Å². The molecule has 1 amide bonds. The second-order valence-electron chi connectivity index (χ2n) is 6.90. The van der Waals surface area contributed by atoms with Crippen LogP contribution in [0.1, 0.15) is 20.8 Å². The zero-order chi connectivity index (χ0) is 17.3. The number of fused-ring (bicyclic) bond motifs is 1. The smallest absolute Gasteiger partial charge is 0.410 e. The topological polar surface area (TPSA) is 84.6 Å². The van der Waals surface area contributed by atoms with Gasteiger partial charge in [-0.05, 0) is 32.9 Å². The second kappa shape index (κ2) is 6.14. The molecule has 0 unspecified atom stereocenters. The number of nitrogens with zero attached hydrogens (tertiary/aromatic N) is 4. The molecular formula is C17H23N5O2. The van der Waals surface area contributed by atoms with Gasteiger partial charge in [-0.15, -0.1) is 0 Å². The summed E-state index contributed by atoms with van der Waals surface area (Å²) in [6.45, 7) is 8.11. The first-order valence-electron chi connectivity index (χ1n) is 8.07. The first-order chi connectivity index (χ1) is 11.3. The van der Waals surface area contributed by atoms with Crippen LogP contribution in [0.15, 0.2) is 24.4 Å². The van der Waals surface area contributed by atoms with Gasteiger partial charge in [0.05, 0.1) is 0 Å². The van der Waals surface area contributed by atoms with Crippen LogP contribution >= 0.6 is 0 Å². The van der Waals surface area contributed by atoms with E-state index in [0.717, 1.165) is 16.7 Å². The van der Waals surface area contributed by atoms with E-state index in [9.17, 15) is 4.79 Å². The molecule has 0 radical (unpaired) electrons. The van der Waals surface area contributed by atoms with Gasteiger partial charge in [-0.3, -0.25) is 4.98 Å². The average molecular weight is 329 g/mol. The van der Waals surface area contributed by atoms with Crippen LogP contribution in [0, 0.1) is 0 Å². The monoisotopic (exact) mass is 329 g/mol. The molecule has 0 saturated carbocycles. The number of nitrogen functional groups attached to an aromatic ring is 1. The number of rotatable bonds is 1. The number of ether oxygens (including phenoxy) is 1. The van der Waals surface area contributed by atoms with Crippen molar-refractivity contribution in [3.63, 3.8) is 0 Å². The first kappa shape index (κ1) is 16.3. The van der Waals surface area contributed by atoms with Crippen molar-refractivity contribution in [2.45, 2.75) is 26.4 Å². The summed E-state index contributed by atoms with van der Waals surface area (Å²) in [6, 6.07) is 5.68. The third-order valence-corrected chi connectivity index (χ3v) is 3.82. The minimum Gasteiger partial charge on any atom is -0.444 e. The largest absolute Gasteiger partial charge is 0.444 e. The minimum atomic E-state index is -0.482. The zero-order valence-corrected chi connectivity index (χ0v) is 14.3. The lowest BCUT2D eigenvalue weighted by Crippen LogP contribution is -2.50. The molecule has 3 rings (SSSR count). The molecule has 2 aromatic rings. The summed E-state index contributed by atoms with van der Waals surface area (Å²) in [7, 11) is 0. The number of carbonyl (C=O) groups excluding carboxylic acids is 1. The number of aromatic nitrogens is 2. The fourth-order valence-corrected chi connectivity index (χ4v) is 2.74. The number of piperazine rings is 1. The van der Waals surface area contributed by atoms with Gasteiger partial charge in [-0.25, -0.2) is 9.78 Å². The van der Waals surface area contributed by atoms with Crippen LogP contribution in [0.2, 0.25) is 0 Å². The Labute approximate surface area is 141 Å². The summed E-state index contributed by atoms with van der Waals surface area (Å²) in [5.74, 6) is 1.24. The van der Waals surface area contributed by atoms with Gasteiger partial charge in [0.25, 0.3) is 0 Å². The number of hydrogen-bond acceptors (Lipinski definition) is 6. The van der Waals surface area contributed by atoms with Gasteiger partial charge in [0.1, 0.15) is 16.9 Å².